The normalized spacial score (nSPS) is 11.2. The summed E-state index contributed by atoms with van der Waals surface area (Å²) in [6.45, 7) is 2.31. The van der Waals surface area contributed by atoms with Gasteiger partial charge in [-0.15, -0.1) is 0 Å². The molecule has 0 saturated heterocycles. The van der Waals surface area contributed by atoms with Crippen molar-refractivity contribution in [1.82, 2.24) is 9.55 Å². The molecule has 0 bridgehead atoms. The van der Waals surface area contributed by atoms with Gasteiger partial charge >= 0.3 is 0 Å². The zero-order valence-corrected chi connectivity index (χ0v) is 23.5. The Morgan fingerprint density at radius 3 is 1.76 bits per heavy atom. The molecule has 5 aromatic rings. The molecule has 0 amide bonds. The molecule has 1 heterocycles. The Morgan fingerprint density at radius 1 is 0.737 bits per heavy atom. The topological polar surface area (TPSA) is 17.8 Å². The van der Waals surface area contributed by atoms with Crippen molar-refractivity contribution >= 4 is 28.1 Å². The van der Waals surface area contributed by atoms with Gasteiger partial charge in [0.1, 0.15) is 0 Å². The molecule has 187 valence electrons. The van der Waals surface area contributed by atoms with E-state index in [1.807, 2.05) is 6.20 Å². The van der Waals surface area contributed by atoms with Gasteiger partial charge < -0.3 is 4.57 Å². The average Bonchev–Trinajstić information content (AvgIpc) is 3.43. The van der Waals surface area contributed by atoms with Crippen molar-refractivity contribution in [2.45, 2.75) is 31.4 Å². The lowest BCUT2D eigenvalue weighted by Crippen LogP contribution is -2.32. The predicted molar refractivity (Wildman–Crippen MR) is 165 cm³/mol. The molecule has 1 radical (unpaired) electrons. The van der Waals surface area contributed by atoms with E-state index in [9.17, 15) is 0 Å². The van der Waals surface area contributed by atoms with E-state index in [2.05, 4.69) is 146 Å². The maximum absolute atomic E-state index is 4.75. The first-order chi connectivity index (χ1) is 18.8. The number of hydrogen-bond donors (Lipinski definition) is 0. The molecule has 0 aliphatic rings. The van der Waals surface area contributed by atoms with Crippen molar-refractivity contribution in [1.29, 1.82) is 0 Å². The third kappa shape index (κ3) is 6.51. The molecule has 0 spiro atoms. The number of rotatable bonds is 11. The number of nitrogens with zero attached hydrogens (tertiary/aromatic N) is 2. The third-order valence-electron chi connectivity index (χ3n) is 7.13. The number of hydrogen-bond acceptors (Lipinski definition) is 1. The molecule has 4 heteroatoms. The number of allylic oxidation sites excluding steroid dienone is 1. The van der Waals surface area contributed by atoms with E-state index < -0.39 is 0 Å². The van der Waals surface area contributed by atoms with Crippen LogP contribution in [0.15, 0.2) is 139 Å². The van der Waals surface area contributed by atoms with Crippen LogP contribution < -0.4 is 5.72 Å². The average molecular weight is 510 g/mol. The minimum absolute atomic E-state index is 0.185. The summed E-state index contributed by atoms with van der Waals surface area (Å²) in [7, 11) is 2.02. The van der Waals surface area contributed by atoms with Crippen LogP contribution >= 0.6 is 0 Å². The lowest BCUT2D eigenvalue weighted by Gasteiger charge is -2.18. The van der Waals surface area contributed by atoms with E-state index in [1.54, 1.807) is 0 Å². The zero-order valence-electron chi connectivity index (χ0n) is 22.1. The van der Waals surface area contributed by atoms with Gasteiger partial charge in [0.25, 0.3) is 0 Å². The summed E-state index contributed by atoms with van der Waals surface area (Å²) in [4.78, 5) is 4.75. The maximum atomic E-state index is 4.75. The second kappa shape index (κ2) is 13.1. The van der Waals surface area contributed by atoms with E-state index in [0.29, 0.717) is 0 Å². The van der Waals surface area contributed by atoms with Crippen molar-refractivity contribution in [3.8, 4) is 0 Å². The SMILES string of the molecule is CC(CC[SiH2]Cn1ccnc1[B]C(c1ccccc1)c1ccccc1)=C(c1ccccc1)c1ccccc1. The zero-order chi connectivity index (χ0) is 26.0. The van der Waals surface area contributed by atoms with Crippen LogP contribution in [0, 0.1) is 0 Å². The van der Waals surface area contributed by atoms with Crippen LogP contribution in [0.2, 0.25) is 6.04 Å². The van der Waals surface area contributed by atoms with Crippen LogP contribution in [0.4, 0.5) is 0 Å². The lowest BCUT2D eigenvalue weighted by atomic mass is 9.58. The molecule has 4 aromatic carbocycles. The second-order valence-corrected chi connectivity index (χ2v) is 11.7. The lowest BCUT2D eigenvalue weighted by molar-refractivity contribution is 0.890. The standard InChI is InChI=1S/C34H34BN2Si/c1-27(32(28-14-6-2-7-15-28)29-16-8-3-9-17-29)22-25-38-26-37-24-23-36-34(37)35-33(30-18-10-4-11-19-30)31-20-12-5-13-21-31/h2-21,23-24,33H,22,25-26,38H2,1H3. The predicted octanol–water partition coefficient (Wildman–Crippen LogP) is 6.46. The summed E-state index contributed by atoms with van der Waals surface area (Å²) in [5.41, 5.74) is 9.11. The molecule has 38 heavy (non-hydrogen) atoms. The fourth-order valence-electron chi connectivity index (χ4n) is 5.19. The molecule has 0 aliphatic carbocycles. The molecule has 0 atom stereocenters. The van der Waals surface area contributed by atoms with E-state index in [-0.39, 0.29) is 15.3 Å². The fourth-order valence-corrected chi connectivity index (χ4v) is 6.91. The van der Waals surface area contributed by atoms with Gasteiger partial charge in [0.15, 0.2) is 0 Å². The van der Waals surface area contributed by atoms with Gasteiger partial charge in [-0.05, 0) is 47.0 Å². The van der Waals surface area contributed by atoms with Crippen LogP contribution in [-0.2, 0) is 6.17 Å². The molecule has 0 N–H and O–H groups in total. The number of aromatic nitrogens is 2. The molecular weight excluding hydrogens is 475 g/mol. The quantitative estimate of drug-likeness (QED) is 0.148. The smallest absolute Gasteiger partial charge is 0.215 e. The minimum Gasteiger partial charge on any atom is -0.347 e. The Hall–Kier alpha value is -3.89. The molecule has 0 aliphatic heterocycles. The highest BCUT2D eigenvalue weighted by Crippen LogP contribution is 2.29. The summed E-state index contributed by atoms with van der Waals surface area (Å²) in [6, 6.07) is 44.4. The van der Waals surface area contributed by atoms with Gasteiger partial charge in [0.2, 0.25) is 7.28 Å². The highest BCUT2D eigenvalue weighted by Gasteiger charge is 2.19. The first-order valence-electron chi connectivity index (χ1n) is 13.6. The molecule has 2 nitrogen and oxygen atoms in total. The number of benzene rings is 4. The monoisotopic (exact) mass is 509 g/mol. The van der Waals surface area contributed by atoms with Crippen molar-refractivity contribution in [3.05, 3.63) is 162 Å². The second-order valence-electron chi connectivity index (χ2n) is 9.79. The highest BCUT2D eigenvalue weighted by molar-refractivity contribution is 6.54. The first kappa shape index (κ1) is 25.7. The minimum atomic E-state index is -0.304. The summed E-state index contributed by atoms with van der Waals surface area (Å²) in [5, 5.41) is 0. The van der Waals surface area contributed by atoms with Gasteiger partial charge in [-0.3, -0.25) is 4.98 Å². The number of imidazole rings is 1. The Kier molecular flexibility index (Phi) is 8.86. The van der Waals surface area contributed by atoms with Crippen LogP contribution in [0.3, 0.4) is 0 Å². The molecule has 0 saturated carbocycles. The van der Waals surface area contributed by atoms with Gasteiger partial charge in [-0.25, -0.2) is 0 Å². The molecule has 1 aromatic heterocycles. The van der Waals surface area contributed by atoms with Crippen LogP contribution in [0.1, 0.15) is 41.4 Å². The van der Waals surface area contributed by atoms with Crippen LogP contribution in [0.25, 0.3) is 5.57 Å². The summed E-state index contributed by atoms with van der Waals surface area (Å²) in [6.07, 6.45) is 6.33. The van der Waals surface area contributed by atoms with E-state index in [4.69, 9.17) is 4.98 Å². The van der Waals surface area contributed by atoms with Crippen molar-refractivity contribution in [3.63, 3.8) is 0 Å². The Balaban J connectivity index is 1.27. The molecule has 5 rings (SSSR count). The van der Waals surface area contributed by atoms with Gasteiger partial charge in [0.05, 0.1) is 5.72 Å². The van der Waals surface area contributed by atoms with E-state index in [0.717, 1.165) is 18.3 Å². The fraction of sp³-hybridized carbons (Fsp3) is 0.147. The van der Waals surface area contributed by atoms with Gasteiger partial charge in [-0.2, -0.15) is 0 Å². The molecule has 0 unspecified atom stereocenters. The highest BCUT2D eigenvalue weighted by atomic mass is 28.2. The van der Waals surface area contributed by atoms with E-state index in [1.165, 1.54) is 39.4 Å². The van der Waals surface area contributed by atoms with Crippen molar-refractivity contribution < 1.29 is 0 Å². The molecule has 0 fully saturated rings. The maximum Gasteiger partial charge on any atom is 0.215 e. The van der Waals surface area contributed by atoms with Gasteiger partial charge in [0, 0.05) is 28.1 Å². The Bertz CT molecular complexity index is 1350. The van der Waals surface area contributed by atoms with E-state index >= 15 is 0 Å². The van der Waals surface area contributed by atoms with Gasteiger partial charge in [-0.1, -0.05) is 133 Å². The Morgan fingerprint density at radius 2 is 1.24 bits per heavy atom. The summed E-state index contributed by atoms with van der Waals surface area (Å²) in [5.74, 6) is 0.185. The Labute approximate surface area is 230 Å². The third-order valence-corrected chi connectivity index (χ3v) is 8.78. The largest absolute Gasteiger partial charge is 0.347 e. The molecular formula is C34H34BN2Si. The first-order valence-corrected chi connectivity index (χ1v) is 15.6. The van der Waals surface area contributed by atoms with Crippen molar-refractivity contribution in [2.24, 2.45) is 0 Å². The van der Waals surface area contributed by atoms with Crippen LogP contribution in [0.5, 0.6) is 0 Å². The summed E-state index contributed by atoms with van der Waals surface area (Å²) < 4.78 is 2.36. The van der Waals surface area contributed by atoms with Crippen LogP contribution in [-0.4, -0.2) is 26.4 Å². The summed E-state index contributed by atoms with van der Waals surface area (Å²) >= 11 is 0. The van der Waals surface area contributed by atoms with Crippen molar-refractivity contribution in [2.75, 3.05) is 0 Å².